The van der Waals surface area contributed by atoms with Crippen molar-refractivity contribution in [2.45, 2.75) is 5.51 Å². The molecule has 2 rings (SSSR count). The van der Waals surface area contributed by atoms with E-state index in [0.29, 0.717) is 4.73 Å². The monoisotopic (exact) mass is 293 g/mol. The van der Waals surface area contributed by atoms with E-state index in [1.54, 1.807) is 0 Å². The summed E-state index contributed by atoms with van der Waals surface area (Å²) in [7, 11) is -5.77. The van der Waals surface area contributed by atoms with Crippen LogP contribution >= 0.6 is 0 Å². The second-order valence-corrected chi connectivity index (χ2v) is 5.04. The quantitative estimate of drug-likeness (QED) is 0.366. The molecule has 0 saturated carbocycles. The van der Waals surface area contributed by atoms with Crippen LogP contribution in [0.4, 0.5) is 13.2 Å². The number of nitrogens with zero attached hydrogens (tertiary/aromatic N) is 1. The van der Waals surface area contributed by atoms with Gasteiger partial charge in [0.1, 0.15) is 0 Å². The molecule has 2 aromatic rings. The van der Waals surface area contributed by atoms with Gasteiger partial charge in [0.2, 0.25) is 5.52 Å². The molecule has 0 bridgehead atoms. The summed E-state index contributed by atoms with van der Waals surface area (Å²) in [5.74, 6) is -0.556. The largest absolute Gasteiger partial charge is 0.618 e. The summed E-state index contributed by atoms with van der Waals surface area (Å²) in [6.07, 6.45) is 1.13. The Balaban J connectivity index is 2.57. The van der Waals surface area contributed by atoms with Gasteiger partial charge in [0.25, 0.3) is 0 Å². The fourth-order valence-electron chi connectivity index (χ4n) is 1.43. The molecule has 0 atom stereocenters. The van der Waals surface area contributed by atoms with Crippen LogP contribution in [0.3, 0.4) is 0 Å². The zero-order valence-corrected chi connectivity index (χ0v) is 9.90. The standard InChI is InChI=1S/C10H6F3NO4S/c11-10(12,13)19(16,17)18-9-5-1-4-8-7(9)3-2-6-14(8)15/h1-6H. The van der Waals surface area contributed by atoms with Crippen molar-refractivity contribution in [2.75, 3.05) is 0 Å². The van der Waals surface area contributed by atoms with Crippen molar-refractivity contribution in [2.24, 2.45) is 0 Å². The lowest BCUT2D eigenvalue weighted by Gasteiger charge is -2.10. The van der Waals surface area contributed by atoms with Crippen LogP contribution in [-0.2, 0) is 10.1 Å². The van der Waals surface area contributed by atoms with Crippen molar-refractivity contribution >= 4 is 21.0 Å². The third-order valence-electron chi connectivity index (χ3n) is 2.25. The average Bonchev–Trinajstić information content (AvgIpc) is 2.28. The Bertz CT molecular complexity index is 727. The zero-order valence-electron chi connectivity index (χ0n) is 9.09. The molecule has 19 heavy (non-hydrogen) atoms. The van der Waals surface area contributed by atoms with Crippen LogP contribution in [0.2, 0.25) is 0 Å². The fourth-order valence-corrected chi connectivity index (χ4v) is 1.90. The van der Waals surface area contributed by atoms with Crippen LogP contribution < -0.4 is 8.91 Å². The number of rotatable bonds is 2. The number of hydrogen-bond acceptors (Lipinski definition) is 4. The van der Waals surface area contributed by atoms with Crippen LogP contribution in [0.25, 0.3) is 10.9 Å². The van der Waals surface area contributed by atoms with Gasteiger partial charge in [0.05, 0.1) is 5.39 Å². The second kappa shape index (κ2) is 4.26. The molecule has 0 fully saturated rings. The Hall–Kier alpha value is -2.03. The van der Waals surface area contributed by atoms with E-state index >= 15 is 0 Å². The van der Waals surface area contributed by atoms with Gasteiger partial charge in [0, 0.05) is 12.1 Å². The van der Waals surface area contributed by atoms with E-state index in [9.17, 15) is 26.8 Å². The molecule has 1 aromatic carbocycles. The molecule has 0 aliphatic carbocycles. The van der Waals surface area contributed by atoms with Gasteiger partial charge in [-0.3, -0.25) is 0 Å². The summed E-state index contributed by atoms with van der Waals surface area (Å²) in [5.41, 5.74) is -5.53. The first-order valence-electron chi connectivity index (χ1n) is 4.84. The summed E-state index contributed by atoms with van der Waals surface area (Å²) in [6.45, 7) is 0. The minimum Gasteiger partial charge on any atom is -0.618 e. The molecule has 0 aliphatic rings. The third kappa shape index (κ3) is 2.41. The van der Waals surface area contributed by atoms with E-state index in [4.69, 9.17) is 0 Å². The van der Waals surface area contributed by atoms with E-state index in [2.05, 4.69) is 4.18 Å². The number of fused-ring (bicyclic) bond motifs is 1. The van der Waals surface area contributed by atoms with Gasteiger partial charge >= 0.3 is 15.6 Å². The van der Waals surface area contributed by atoms with Gasteiger partial charge in [-0.25, -0.2) is 0 Å². The van der Waals surface area contributed by atoms with Crippen molar-refractivity contribution in [3.8, 4) is 5.75 Å². The molecule has 9 heteroatoms. The first-order valence-corrected chi connectivity index (χ1v) is 6.25. The average molecular weight is 293 g/mol. The first kappa shape index (κ1) is 13.4. The molecule has 0 radical (unpaired) electrons. The van der Waals surface area contributed by atoms with Gasteiger partial charge in [0.15, 0.2) is 11.9 Å². The highest BCUT2D eigenvalue weighted by Gasteiger charge is 2.48. The van der Waals surface area contributed by atoms with Gasteiger partial charge in [-0.1, -0.05) is 6.07 Å². The van der Waals surface area contributed by atoms with Crippen molar-refractivity contribution < 1.29 is 30.5 Å². The summed E-state index contributed by atoms with van der Waals surface area (Å²) in [4.78, 5) is 0. The normalized spacial score (nSPS) is 12.6. The maximum absolute atomic E-state index is 12.2. The lowest BCUT2D eigenvalue weighted by molar-refractivity contribution is -0.577. The molecule has 0 amide bonds. The molecular weight excluding hydrogens is 287 g/mol. The maximum Gasteiger partial charge on any atom is 0.534 e. The van der Waals surface area contributed by atoms with Crippen molar-refractivity contribution in [3.63, 3.8) is 0 Å². The highest BCUT2D eigenvalue weighted by Crippen LogP contribution is 2.30. The Morgan fingerprint density at radius 1 is 1.16 bits per heavy atom. The maximum atomic E-state index is 12.2. The molecular formula is C10H6F3NO4S. The van der Waals surface area contributed by atoms with Gasteiger partial charge in [-0.05, 0) is 12.1 Å². The Kier molecular flexibility index (Phi) is 3.01. The molecule has 1 heterocycles. The van der Waals surface area contributed by atoms with E-state index in [1.807, 2.05) is 0 Å². The van der Waals surface area contributed by atoms with Crippen LogP contribution in [0.15, 0.2) is 36.5 Å². The van der Waals surface area contributed by atoms with Crippen molar-refractivity contribution in [1.29, 1.82) is 0 Å². The molecule has 5 nitrogen and oxygen atoms in total. The lowest BCUT2D eigenvalue weighted by Crippen LogP contribution is -2.29. The van der Waals surface area contributed by atoms with E-state index in [1.165, 1.54) is 24.3 Å². The SMILES string of the molecule is O=S(=O)(Oc1cccc2c1ccc[n+]2[O-])C(F)(F)F. The van der Waals surface area contributed by atoms with Gasteiger partial charge in [-0.2, -0.15) is 26.3 Å². The van der Waals surface area contributed by atoms with Gasteiger partial charge in [-0.15, -0.1) is 0 Å². The molecule has 0 saturated heterocycles. The molecule has 1 aromatic heterocycles. The predicted octanol–water partition coefficient (Wildman–Crippen LogP) is 1.70. The first-order chi connectivity index (χ1) is 8.72. The minimum atomic E-state index is -5.77. The molecule has 0 N–H and O–H groups in total. The van der Waals surface area contributed by atoms with Gasteiger partial charge < -0.3 is 9.39 Å². The summed E-state index contributed by atoms with van der Waals surface area (Å²) < 4.78 is 62.9. The number of halogens is 3. The summed E-state index contributed by atoms with van der Waals surface area (Å²) >= 11 is 0. The van der Waals surface area contributed by atoms with Crippen molar-refractivity contribution in [3.05, 3.63) is 41.7 Å². The molecule has 0 aliphatic heterocycles. The Morgan fingerprint density at radius 2 is 1.84 bits per heavy atom. The predicted molar refractivity (Wildman–Crippen MR) is 58.5 cm³/mol. The molecule has 0 unspecified atom stereocenters. The number of alkyl halides is 3. The van der Waals surface area contributed by atoms with Crippen LogP contribution in [0.5, 0.6) is 5.75 Å². The topological polar surface area (TPSA) is 70.3 Å². The lowest BCUT2D eigenvalue weighted by atomic mass is 10.2. The summed E-state index contributed by atoms with van der Waals surface area (Å²) in [6, 6.07) is 6.13. The smallest absolute Gasteiger partial charge is 0.534 e. The highest BCUT2D eigenvalue weighted by atomic mass is 32.2. The zero-order chi connectivity index (χ0) is 14.3. The highest BCUT2D eigenvalue weighted by molar-refractivity contribution is 7.88. The molecule has 102 valence electrons. The Labute approximate surface area is 105 Å². The third-order valence-corrected chi connectivity index (χ3v) is 3.21. The number of aromatic nitrogens is 1. The van der Waals surface area contributed by atoms with Crippen molar-refractivity contribution in [1.82, 2.24) is 0 Å². The fraction of sp³-hybridized carbons (Fsp3) is 0.100. The van der Waals surface area contributed by atoms with Crippen LogP contribution in [0, 0.1) is 5.21 Å². The number of pyridine rings is 1. The van der Waals surface area contributed by atoms with Crippen LogP contribution in [-0.4, -0.2) is 13.9 Å². The van der Waals surface area contributed by atoms with E-state index in [0.717, 1.165) is 12.3 Å². The number of benzene rings is 1. The summed E-state index contributed by atoms with van der Waals surface area (Å²) in [5, 5.41) is 11.3. The van der Waals surface area contributed by atoms with E-state index in [-0.39, 0.29) is 10.9 Å². The minimum absolute atomic E-state index is 0.00243. The molecule has 0 spiro atoms. The second-order valence-electron chi connectivity index (χ2n) is 3.51. The van der Waals surface area contributed by atoms with Crippen LogP contribution in [0.1, 0.15) is 0 Å². The Morgan fingerprint density at radius 3 is 2.47 bits per heavy atom. The number of hydrogen-bond donors (Lipinski definition) is 0. The van der Waals surface area contributed by atoms with E-state index < -0.39 is 21.4 Å².